The van der Waals surface area contributed by atoms with Crippen molar-refractivity contribution in [1.29, 1.82) is 0 Å². The van der Waals surface area contributed by atoms with Crippen LogP contribution in [0.2, 0.25) is 0 Å². The maximum Gasteiger partial charge on any atom is 0.247 e. The van der Waals surface area contributed by atoms with Gasteiger partial charge < -0.3 is 10.2 Å². The van der Waals surface area contributed by atoms with Gasteiger partial charge in [0.2, 0.25) is 17.6 Å². The molecule has 32 heavy (non-hydrogen) atoms. The van der Waals surface area contributed by atoms with E-state index >= 15 is 0 Å². The first-order valence-corrected chi connectivity index (χ1v) is 11.2. The Hall–Kier alpha value is -3.55. The van der Waals surface area contributed by atoms with Gasteiger partial charge in [0.05, 0.1) is 5.41 Å². The Bertz CT molecular complexity index is 1160. The number of hydrogen-bond donors (Lipinski definition) is 2. The van der Waals surface area contributed by atoms with Gasteiger partial charge in [-0.15, -0.1) is 10.2 Å². The number of fused-ring (bicyclic) bond motifs is 1. The number of carbonyl (C=O) groups is 2. The molecule has 1 aliphatic heterocycles. The van der Waals surface area contributed by atoms with E-state index in [0.29, 0.717) is 17.4 Å². The average Bonchev–Trinajstić information content (AvgIpc) is 3.18. The topological polar surface area (TPSA) is 104 Å². The zero-order valence-corrected chi connectivity index (χ0v) is 17.6. The van der Waals surface area contributed by atoms with Crippen LogP contribution in [0.5, 0.6) is 0 Å². The summed E-state index contributed by atoms with van der Waals surface area (Å²) < 4.78 is 0. The van der Waals surface area contributed by atoms with Gasteiger partial charge >= 0.3 is 0 Å². The molecule has 3 atom stereocenters. The molecule has 2 saturated carbocycles. The first-order chi connectivity index (χ1) is 15.7. The van der Waals surface area contributed by atoms with Crippen LogP contribution in [0, 0.1) is 5.92 Å². The fourth-order valence-electron chi connectivity index (χ4n) is 5.39. The van der Waals surface area contributed by atoms with Gasteiger partial charge in [-0.25, -0.2) is 0 Å². The van der Waals surface area contributed by atoms with E-state index in [1.807, 2.05) is 47.4 Å². The van der Waals surface area contributed by atoms with E-state index in [1.165, 1.54) is 0 Å². The highest BCUT2D eigenvalue weighted by Crippen LogP contribution is 2.53. The second kappa shape index (κ2) is 7.25. The highest BCUT2D eigenvalue weighted by molar-refractivity contribution is 6.00. The Morgan fingerprint density at radius 2 is 1.91 bits per heavy atom. The van der Waals surface area contributed by atoms with Crippen molar-refractivity contribution < 1.29 is 9.59 Å². The second-order valence-corrected chi connectivity index (χ2v) is 9.13. The standard InChI is InChI=1S/C24H24N6O2/c31-22(25-18-9-4-6-15(12-18)21-26-28-29-27-21)20-14-16-13-19(16)30(20)23(32)24(10-5-11-24)17-7-2-1-3-8-17/h1-4,6-9,12,16,19-20H,5,10-11,13-14H2,(H,25,31)(H,26,27,28,29)/t16-,19-,20+/m0/s1. The molecule has 2 amide bonds. The highest BCUT2D eigenvalue weighted by Gasteiger charge is 2.60. The number of hydrogen-bond acceptors (Lipinski definition) is 5. The summed E-state index contributed by atoms with van der Waals surface area (Å²) >= 11 is 0. The summed E-state index contributed by atoms with van der Waals surface area (Å²) in [7, 11) is 0. The summed E-state index contributed by atoms with van der Waals surface area (Å²) in [4.78, 5) is 29.1. The molecule has 0 spiro atoms. The first-order valence-electron chi connectivity index (χ1n) is 11.2. The largest absolute Gasteiger partial charge is 0.327 e. The summed E-state index contributed by atoms with van der Waals surface area (Å²) in [5.74, 6) is 0.905. The van der Waals surface area contributed by atoms with Crippen LogP contribution in [0.4, 0.5) is 5.69 Å². The lowest BCUT2D eigenvalue weighted by Gasteiger charge is -2.45. The maximum absolute atomic E-state index is 13.9. The molecular weight excluding hydrogens is 404 g/mol. The fraction of sp³-hybridized carbons (Fsp3) is 0.375. The van der Waals surface area contributed by atoms with Gasteiger partial charge in [0.25, 0.3) is 0 Å². The minimum absolute atomic E-state index is 0.126. The quantitative estimate of drug-likeness (QED) is 0.650. The van der Waals surface area contributed by atoms with Crippen LogP contribution in [0.3, 0.4) is 0 Å². The number of H-pyrrole nitrogens is 1. The normalized spacial score (nSPS) is 25.0. The number of aromatic amines is 1. The molecule has 0 bridgehead atoms. The van der Waals surface area contributed by atoms with E-state index in [2.05, 4.69) is 38.1 Å². The molecule has 6 rings (SSSR count). The number of aromatic nitrogens is 4. The van der Waals surface area contributed by atoms with Crippen molar-refractivity contribution in [2.24, 2.45) is 5.92 Å². The van der Waals surface area contributed by atoms with Gasteiger partial charge in [-0.05, 0) is 54.5 Å². The number of benzene rings is 2. The van der Waals surface area contributed by atoms with Crippen molar-refractivity contribution in [2.45, 2.75) is 49.6 Å². The maximum atomic E-state index is 13.9. The van der Waals surface area contributed by atoms with Gasteiger partial charge in [0.15, 0.2) is 0 Å². The monoisotopic (exact) mass is 428 g/mol. The Labute approximate surface area is 185 Å². The van der Waals surface area contributed by atoms with Gasteiger partial charge in [0.1, 0.15) is 6.04 Å². The fourth-order valence-corrected chi connectivity index (χ4v) is 5.39. The Morgan fingerprint density at radius 1 is 1.06 bits per heavy atom. The third-order valence-corrected chi connectivity index (χ3v) is 7.32. The minimum atomic E-state index is -0.476. The number of rotatable bonds is 5. The van der Waals surface area contributed by atoms with Crippen molar-refractivity contribution in [3.8, 4) is 11.4 Å². The number of nitrogens with zero attached hydrogens (tertiary/aromatic N) is 4. The number of piperidine rings is 1. The van der Waals surface area contributed by atoms with E-state index in [9.17, 15) is 9.59 Å². The number of amides is 2. The first kappa shape index (κ1) is 19.2. The molecule has 2 N–H and O–H groups in total. The number of likely N-dealkylation sites (tertiary alicyclic amines) is 1. The summed E-state index contributed by atoms with van der Waals surface area (Å²) in [6.07, 6.45) is 4.49. The number of nitrogens with one attached hydrogen (secondary N) is 2. The zero-order valence-electron chi connectivity index (χ0n) is 17.6. The SMILES string of the molecule is O=C(Nc1cccc(-c2nn[nH]n2)c1)[C@H]1C[C@@H]2C[C@@H]2N1C(=O)C1(c2ccccc2)CCC1. The molecule has 0 radical (unpaired) electrons. The van der Waals surface area contributed by atoms with Crippen molar-refractivity contribution in [1.82, 2.24) is 25.5 Å². The molecule has 0 unspecified atom stereocenters. The summed E-state index contributed by atoms with van der Waals surface area (Å²) in [5.41, 5.74) is 2.02. The third kappa shape index (κ3) is 3.01. The predicted octanol–water partition coefficient (Wildman–Crippen LogP) is 2.92. The van der Waals surface area contributed by atoms with Crippen LogP contribution in [0.1, 0.15) is 37.7 Å². The summed E-state index contributed by atoms with van der Waals surface area (Å²) in [6, 6.07) is 17.2. The summed E-state index contributed by atoms with van der Waals surface area (Å²) in [5, 5.41) is 17.0. The molecule has 8 heteroatoms. The minimum Gasteiger partial charge on any atom is -0.327 e. The smallest absolute Gasteiger partial charge is 0.247 e. The Morgan fingerprint density at radius 3 is 2.62 bits per heavy atom. The van der Waals surface area contributed by atoms with E-state index in [0.717, 1.165) is 43.2 Å². The zero-order chi connectivity index (χ0) is 21.7. The Balaban J connectivity index is 1.24. The molecular formula is C24H24N6O2. The highest BCUT2D eigenvalue weighted by atomic mass is 16.2. The molecule has 8 nitrogen and oxygen atoms in total. The number of anilines is 1. The number of tetrazole rings is 1. The lowest BCUT2D eigenvalue weighted by atomic mass is 9.63. The molecule has 2 aliphatic carbocycles. The Kier molecular flexibility index (Phi) is 4.34. The van der Waals surface area contributed by atoms with E-state index in [1.54, 1.807) is 0 Å². The lowest BCUT2D eigenvalue weighted by molar-refractivity contribution is -0.146. The van der Waals surface area contributed by atoms with Crippen LogP contribution < -0.4 is 5.32 Å². The van der Waals surface area contributed by atoms with Gasteiger partial charge in [-0.1, -0.05) is 48.9 Å². The van der Waals surface area contributed by atoms with Crippen LogP contribution in [0.25, 0.3) is 11.4 Å². The molecule has 2 heterocycles. The van der Waals surface area contributed by atoms with E-state index in [-0.39, 0.29) is 17.9 Å². The van der Waals surface area contributed by atoms with Crippen molar-refractivity contribution in [2.75, 3.05) is 5.32 Å². The van der Waals surface area contributed by atoms with Crippen LogP contribution >= 0.6 is 0 Å². The molecule has 3 aliphatic rings. The molecule has 3 aromatic rings. The van der Waals surface area contributed by atoms with E-state index < -0.39 is 11.5 Å². The van der Waals surface area contributed by atoms with Crippen molar-refractivity contribution in [3.63, 3.8) is 0 Å². The van der Waals surface area contributed by atoms with Crippen LogP contribution in [-0.2, 0) is 15.0 Å². The van der Waals surface area contributed by atoms with Crippen molar-refractivity contribution in [3.05, 3.63) is 60.2 Å². The van der Waals surface area contributed by atoms with E-state index in [4.69, 9.17) is 0 Å². The van der Waals surface area contributed by atoms with Crippen LogP contribution in [-0.4, -0.2) is 49.4 Å². The van der Waals surface area contributed by atoms with Crippen LogP contribution in [0.15, 0.2) is 54.6 Å². The van der Waals surface area contributed by atoms with Gasteiger partial charge in [0, 0.05) is 17.3 Å². The molecule has 3 fully saturated rings. The summed E-state index contributed by atoms with van der Waals surface area (Å²) in [6.45, 7) is 0. The lowest BCUT2D eigenvalue weighted by Crippen LogP contribution is -2.56. The molecule has 1 saturated heterocycles. The van der Waals surface area contributed by atoms with Gasteiger partial charge in [-0.2, -0.15) is 5.21 Å². The molecule has 162 valence electrons. The number of carbonyl (C=O) groups excluding carboxylic acids is 2. The third-order valence-electron chi connectivity index (χ3n) is 7.32. The second-order valence-electron chi connectivity index (χ2n) is 9.13. The predicted molar refractivity (Wildman–Crippen MR) is 117 cm³/mol. The van der Waals surface area contributed by atoms with Gasteiger partial charge in [-0.3, -0.25) is 9.59 Å². The van der Waals surface area contributed by atoms with Crippen molar-refractivity contribution >= 4 is 17.5 Å². The molecule has 1 aromatic heterocycles. The molecule has 2 aromatic carbocycles. The average molecular weight is 428 g/mol.